The quantitative estimate of drug-likeness (QED) is 0.699. The first-order valence-corrected chi connectivity index (χ1v) is 11.3. The minimum absolute atomic E-state index is 0.241. The van der Waals surface area contributed by atoms with Crippen molar-refractivity contribution in [2.45, 2.75) is 32.7 Å². The van der Waals surface area contributed by atoms with E-state index < -0.39 is 0 Å². The van der Waals surface area contributed by atoms with Gasteiger partial charge in [0.05, 0.1) is 11.4 Å². The van der Waals surface area contributed by atoms with E-state index in [2.05, 4.69) is 43.7 Å². The van der Waals surface area contributed by atoms with Crippen molar-refractivity contribution in [3.8, 4) is 0 Å². The van der Waals surface area contributed by atoms with Crippen LogP contribution >= 0.6 is 11.3 Å². The lowest BCUT2D eigenvalue weighted by Gasteiger charge is -2.30. The van der Waals surface area contributed by atoms with Gasteiger partial charge in [0.1, 0.15) is 0 Å². The Hall–Kier alpha value is -2.16. The highest BCUT2D eigenvalue weighted by molar-refractivity contribution is 7.15. The minimum atomic E-state index is -0.241. The second-order valence-corrected chi connectivity index (χ2v) is 8.92. The third kappa shape index (κ3) is 5.46. The number of carbonyl (C=O) groups excluding carboxylic acids is 1. The van der Waals surface area contributed by atoms with Gasteiger partial charge in [-0.15, -0.1) is 11.3 Å². The maximum absolute atomic E-state index is 12.6. The molecule has 2 aliphatic heterocycles. The second-order valence-electron chi connectivity index (χ2n) is 7.81. The van der Waals surface area contributed by atoms with Crippen molar-refractivity contribution in [2.75, 3.05) is 54.8 Å². The third-order valence-corrected chi connectivity index (χ3v) is 6.36. The molecular weight excluding hydrogens is 384 g/mol. The summed E-state index contributed by atoms with van der Waals surface area (Å²) in [6, 6.07) is 5.96. The van der Waals surface area contributed by atoms with Crippen molar-refractivity contribution in [1.29, 1.82) is 0 Å². The van der Waals surface area contributed by atoms with E-state index in [4.69, 9.17) is 0 Å². The highest BCUT2D eigenvalue weighted by Crippen LogP contribution is 2.30. The van der Waals surface area contributed by atoms with Gasteiger partial charge in [0, 0.05) is 56.9 Å². The van der Waals surface area contributed by atoms with Crippen molar-refractivity contribution in [3.63, 3.8) is 0 Å². The largest absolute Gasteiger partial charge is 0.370 e. The molecule has 29 heavy (non-hydrogen) atoms. The molecule has 2 amide bonds. The Balaban J connectivity index is 1.37. The van der Waals surface area contributed by atoms with Gasteiger partial charge in [-0.1, -0.05) is 6.07 Å². The summed E-state index contributed by atoms with van der Waals surface area (Å²) in [5.74, 6) is 0. The van der Waals surface area contributed by atoms with Crippen LogP contribution < -0.4 is 20.9 Å². The number of nitrogens with zero attached hydrogens (tertiary/aromatic N) is 3. The van der Waals surface area contributed by atoms with Crippen LogP contribution in [0.5, 0.6) is 0 Å². The van der Waals surface area contributed by atoms with Gasteiger partial charge in [0.25, 0.3) is 0 Å². The van der Waals surface area contributed by atoms with Crippen LogP contribution in [0.1, 0.15) is 29.7 Å². The lowest BCUT2D eigenvalue weighted by molar-refractivity contribution is 0.235. The van der Waals surface area contributed by atoms with E-state index in [9.17, 15) is 4.79 Å². The fourth-order valence-corrected chi connectivity index (χ4v) is 4.77. The fourth-order valence-electron chi connectivity index (χ4n) is 3.92. The summed E-state index contributed by atoms with van der Waals surface area (Å²) in [4.78, 5) is 22.9. The molecule has 156 valence electrons. The van der Waals surface area contributed by atoms with Gasteiger partial charge >= 0.3 is 6.03 Å². The maximum Gasteiger partial charge on any atom is 0.325 e. The number of urea groups is 1. The van der Waals surface area contributed by atoms with Crippen LogP contribution in [0.3, 0.4) is 0 Å². The molecule has 4 rings (SSSR count). The lowest BCUT2D eigenvalue weighted by Crippen LogP contribution is -2.42. The number of hydrogen-bond donors (Lipinski definition) is 3. The summed E-state index contributed by atoms with van der Waals surface area (Å²) in [6.45, 7) is 9.22. The Labute approximate surface area is 176 Å². The van der Waals surface area contributed by atoms with Gasteiger partial charge < -0.3 is 15.5 Å². The van der Waals surface area contributed by atoms with Gasteiger partial charge in [-0.3, -0.25) is 10.2 Å². The molecule has 8 heteroatoms. The number of piperidine rings is 1. The van der Waals surface area contributed by atoms with Crippen LogP contribution in [-0.4, -0.2) is 55.2 Å². The molecule has 2 saturated heterocycles. The number of amides is 2. The summed E-state index contributed by atoms with van der Waals surface area (Å²) < 4.78 is 0. The van der Waals surface area contributed by atoms with E-state index in [0.717, 1.165) is 57.2 Å². The van der Waals surface area contributed by atoms with E-state index in [0.29, 0.717) is 5.13 Å². The number of benzene rings is 1. The van der Waals surface area contributed by atoms with Crippen molar-refractivity contribution < 1.29 is 4.79 Å². The lowest BCUT2D eigenvalue weighted by atomic mass is 10.1. The molecule has 0 atom stereocenters. The average Bonchev–Trinajstić information content (AvgIpc) is 3.17. The molecule has 3 heterocycles. The Morgan fingerprint density at radius 1 is 1.14 bits per heavy atom. The molecule has 2 aromatic rings. The number of carbonyl (C=O) groups is 1. The van der Waals surface area contributed by atoms with Crippen LogP contribution in [-0.2, 0) is 6.54 Å². The molecule has 3 N–H and O–H groups in total. The molecule has 1 aromatic carbocycles. The van der Waals surface area contributed by atoms with Gasteiger partial charge in [-0.2, -0.15) is 0 Å². The first-order chi connectivity index (χ1) is 14.2. The smallest absolute Gasteiger partial charge is 0.325 e. The van der Waals surface area contributed by atoms with E-state index in [1.54, 1.807) is 11.3 Å². The van der Waals surface area contributed by atoms with Crippen molar-refractivity contribution in [1.82, 2.24) is 15.2 Å². The molecule has 2 fully saturated rings. The molecule has 0 radical (unpaired) electrons. The summed E-state index contributed by atoms with van der Waals surface area (Å²) >= 11 is 1.54. The number of anilines is 3. The van der Waals surface area contributed by atoms with Crippen LogP contribution in [0.2, 0.25) is 0 Å². The minimum Gasteiger partial charge on any atom is -0.370 e. The molecule has 0 spiro atoms. The van der Waals surface area contributed by atoms with Crippen molar-refractivity contribution >= 4 is 33.9 Å². The molecule has 0 saturated carbocycles. The molecule has 0 unspecified atom stereocenters. The standard InChI is InChI=1S/C21H30N6OS/c1-16-5-6-18(19(13-16)27-9-3-2-4-10-27)24-20(28)25-21-23-14-17(29-21)15-26-11-7-22-8-12-26/h5-6,13-14,22H,2-4,7-12,15H2,1H3,(H2,23,24,25,28). The van der Waals surface area contributed by atoms with Gasteiger partial charge in [-0.25, -0.2) is 9.78 Å². The number of aromatic nitrogens is 1. The monoisotopic (exact) mass is 414 g/mol. The summed E-state index contributed by atoms with van der Waals surface area (Å²) in [6.07, 6.45) is 5.56. The first kappa shape index (κ1) is 20.1. The molecular formula is C21H30N6OS. The van der Waals surface area contributed by atoms with Crippen LogP contribution in [0, 0.1) is 6.92 Å². The van der Waals surface area contributed by atoms with E-state index in [-0.39, 0.29) is 6.03 Å². The van der Waals surface area contributed by atoms with E-state index in [1.807, 2.05) is 18.3 Å². The zero-order chi connectivity index (χ0) is 20.1. The summed E-state index contributed by atoms with van der Waals surface area (Å²) in [7, 11) is 0. The average molecular weight is 415 g/mol. The molecule has 7 nitrogen and oxygen atoms in total. The molecule has 2 aliphatic rings. The summed E-state index contributed by atoms with van der Waals surface area (Å²) in [5.41, 5.74) is 3.17. The second kappa shape index (κ2) is 9.56. The molecule has 0 bridgehead atoms. The van der Waals surface area contributed by atoms with Gasteiger partial charge in [0.15, 0.2) is 5.13 Å². The highest BCUT2D eigenvalue weighted by Gasteiger charge is 2.17. The highest BCUT2D eigenvalue weighted by atomic mass is 32.1. The Morgan fingerprint density at radius 2 is 1.93 bits per heavy atom. The predicted octanol–water partition coefficient (Wildman–Crippen LogP) is 3.49. The molecule has 1 aromatic heterocycles. The van der Waals surface area contributed by atoms with E-state index in [1.165, 1.54) is 29.7 Å². The van der Waals surface area contributed by atoms with Crippen LogP contribution in [0.15, 0.2) is 24.4 Å². The first-order valence-electron chi connectivity index (χ1n) is 10.5. The number of hydrogen-bond acceptors (Lipinski definition) is 6. The number of thiazole rings is 1. The number of piperazine rings is 1. The Kier molecular flexibility index (Phi) is 6.63. The number of rotatable bonds is 5. The predicted molar refractivity (Wildman–Crippen MR) is 120 cm³/mol. The topological polar surface area (TPSA) is 72.5 Å². The fraction of sp³-hybridized carbons (Fsp3) is 0.524. The van der Waals surface area contributed by atoms with Crippen molar-refractivity contribution in [2.24, 2.45) is 0 Å². The summed E-state index contributed by atoms with van der Waals surface area (Å²) in [5, 5.41) is 9.93. The number of aryl methyl sites for hydroxylation is 1. The zero-order valence-corrected chi connectivity index (χ0v) is 17.9. The van der Waals surface area contributed by atoms with Gasteiger partial charge in [0.2, 0.25) is 0 Å². The van der Waals surface area contributed by atoms with Gasteiger partial charge in [-0.05, 0) is 43.9 Å². The molecule has 0 aliphatic carbocycles. The van der Waals surface area contributed by atoms with Crippen molar-refractivity contribution in [3.05, 3.63) is 34.8 Å². The van der Waals surface area contributed by atoms with Crippen LogP contribution in [0.25, 0.3) is 0 Å². The third-order valence-electron chi connectivity index (χ3n) is 5.46. The Bertz CT molecular complexity index is 826. The van der Waals surface area contributed by atoms with E-state index >= 15 is 0 Å². The normalized spacial score (nSPS) is 17.9. The SMILES string of the molecule is Cc1ccc(NC(=O)Nc2ncc(CN3CCNCC3)s2)c(N2CCCCC2)c1. The number of nitrogens with one attached hydrogen (secondary N) is 3. The Morgan fingerprint density at radius 3 is 2.72 bits per heavy atom. The zero-order valence-electron chi connectivity index (χ0n) is 17.0. The maximum atomic E-state index is 12.6. The van der Waals surface area contributed by atoms with Crippen LogP contribution in [0.4, 0.5) is 21.3 Å².